The van der Waals surface area contributed by atoms with Gasteiger partial charge in [0.15, 0.2) is 23.0 Å². The number of hydrogen-bond donors (Lipinski definition) is 1. The van der Waals surface area contributed by atoms with Gasteiger partial charge in [0.25, 0.3) is 0 Å². The van der Waals surface area contributed by atoms with Gasteiger partial charge in [-0.1, -0.05) is 0 Å². The van der Waals surface area contributed by atoms with Crippen molar-refractivity contribution in [3.8, 4) is 29.1 Å². The lowest BCUT2D eigenvalue weighted by molar-refractivity contribution is -0.129. The number of benzene rings is 2. The van der Waals surface area contributed by atoms with Gasteiger partial charge < -0.3 is 33.9 Å². The third kappa shape index (κ3) is 4.32. The largest absolute Gasteiger partial charge is 0.493 e. The normalized spacial score (nSPS) is 14.6. The Kier molecular flexibility index (Phi) is 6.47. The summed E-state index contributed by atoms with van der Waals surface area (Å²) in [5, 5.41) is 13.8. The van der Waals surface area contributed by atoms with E-state index in [2.05, 4.69) is 16.4 Å². The molecule has 0 radical (unpaired) electrons. The van der Waals surface area contributed by atoms with Gasteiger partial charge >= 0.3 is 0 Å². The molecule has 0 bridgehead atoms. The quantitative estimate of drug-likeness (QED) is 0.521. The molecule has 0 spiro atoms. The van der Waals surface area contributed by atoms with E-state index >= 15 is 0 Å². The van der Waals surface area contributed by atoms with Gasteiger partial charge in [0, 0.05) is 42.4 Å². The number of nitriles is 1. The summed E-state index contributed by atoms with van der Waals surface area (Å²) in [6.45, 7) is 2.27. The fourth-order valence-electron chi connectivity index (χ4n) is 4.17. The third-order valence-electron chi connectivity index (χ3n) is 6.03. The van der Waals surface area contributed by atoms with E-state index in [1.807, 2.05) is 12.1 Å². The zero-order valence-corrected chi connectivity index (χ0v) is 19.9. The van der Waals surface area contributed by atoms with Crippen LogP contribution in [0, 0.1) is 11.3 Å². The van der Waals surface area contributed by atoms with Crippen molar-refractivity contribution in [2.45, 2.75) is 0 Å². The first-order valence-corrected chi connectivity index (χ1v) is 11.3. The van der Waals surface area contributed by atoms with Crippen LogP contribution in [-0.4, -0.2) is 63.1 Å². The molecular formula is C26H24N4O6. The Morgan fingerprint density at radius 1 is 1.14 bits per heavy atom. The molecule has 0 unspecified atom stereocenters. The fraction of sp³-hybridized carbons (Fsp3) is 0.269. The molecule has 1 aromatic heterocycles. The standard InChI is InChI=1S/C26H24N4O6/c1-32-21-11-18-20(12-22(21)33-2)28-14-17(13-27)24(18)29-19-5-3-16(25-26(19)36-15-35-25)4-6-23(31)30-7-9-34-10-8-30/h3-6,11-12,14H,7-10,15H2,1-2H3,(H,28,29). The third-order valence-corrected chi connectivity index (χ3v) is 6.03. The van der Waals surface area contributed by atoms with Crippen molar-refractivity contribution in [1.82, 2.24) is 9.88 Å². The summed E-state index contributed by atoms with van der Waals surface area (Å²) >= 11 is 0. The SMILES string of the molecule is COc1cc2ncc(C#N)c(Nc3ccc(C=CC(=O)N4CCOCC4)c4c3OCO4)c2cc1OC. The first kappa shape index (κ1) is 23.3. The predicted octanol–water partition coefficient (Wildman–Crippen LogP) is 3.47. The van der Waals surface area contributed by atoms with Gasteiger partial charge in [-0.15, -0.1) is 0 Å². The number of nitrogens with one attached hydrogen (secondary N) is 1. The van der Waals surface area contributed by atoms with Crippen LogP contribution in [0.2, 0.25) is 0 Å². The monoisotopic (exact) mass is 488 g/mol. The van der Waals surface area contributed by atoms with Crippen LogP contribution in [-0.2, 0) is 9.53 Å². The van der Waals surface area contributed by atoms with Crippen molar-refractivity contribution in [3.05, 3.63) is 47.7 Å². The summed E-state index contributed by atoms with van der Waals surface area (Å²) in [6, 6.07) is 9.37. The molecule has 1 saturated heterocycles. The molecule has 10 nitrogen and oxygen atoms in total. The lowest BCUT2D eigenvalue weighted by atomic mass is 10.1. The van der Waals surface area contributed by atoms with Crippen LogP contribution in [0.25, 0.3) is 17.0 Å². The Morgan fingerprint density at radius 3 is 2.64 bits per heavy atom. The molecule has 2 aliphatic rings. The van der Waals surface area contributed by atoms with Crippen LogP contribution in [0.3, 0.4) is 0 Å². The topological polar surface area (TPSA) is 115 Å². The molecule has 0 atom stereocenters. The Balaban J connectivity index is 1.50. The number of morpholine rings is 1. The highest BCUT2D eigenvalue weighted by Crippen LogP contribution is 2.45. The highest BCUT2D eigenvalue weighted by atomic mass is 16.7. The van der Waals surface area contributed by atoms with Crippen LogP contribution >= 0.6 is 0 Å². The lowest BCUT2D eigenvalue weighted by Gasteiger charge is -2.25. The van der Waals surface area contributed by atoms with Gasteiger partial charge in [0.2, 0.25) is 12.7 Å². The van der Waals surface area contributed by atoms with Gasteiger partial charge in [0.05, 0.1) is 49.9 Å². The summed E-state index contributed by atoms with van der Waals surface area (Å²) in [5.41, 5.74) is 2.85. The number of carbonyl (C=O) groups is 1. The number of methoxy groups -OCH3 is 2. The number of fused-ring (bicyclic) bond motifs is 2. The zero-order chi connectivity index (χ0) is 25.1. The first-order chi connectivity index (χ1) is 17.6. The maximum absolute atomic E-state index is 12.5. The molecule has 1 amide bonds. The molecular weight excluding hydrogens is 464 g/mol. The van der Waals surface area contributed by atoms with E-state index in [1.54, 1.807) is 37.3 Å². The van der Waals surface area contributed by atoms with Crippen LogP contribution in [0.5, 0.6) is 23.0 Å². The minimum Gasteiger partial charge on any atom is -0.493 e. The molecule has 5 rings (SSSR count). The Hall–Kier alpha value is -4.49. The van der Waals surface area contributed by atoms with Crippen molar-refractivity contribution in [2.24, 2.45) is 0 Å². The number of anilines is 2. The molecule has 1 fully saturated rings. The van der Waals surface area contributed by atoms with Gasteiger partial charge in [-0.2, -0.15) is 5.26 Å². The van der Waals surface area contributed by atoms with E-state index in [-0.39, 0.29) is 12.7 Å². The van der Waals surface area contributed by atoms with Crippen molar-refractivity contribution < 1.29 is 28.5 Å². The summed E-state index contributed by atoms with van der Waals surface area (Å²) in [6.07, 6.45) is 4.75. The molecule has 0 saturated carbocycles. The maximum atomic E-state index is 12.5. The summed E-state index contributed by atoms with van der Waals surface area (Å²) < 4.78 is 27.6. The Bertz CT molecular complexity index is 1390. The molecule has 1 N–H and O–H groups in total. The smallest absolute Gasteiger partial charge is 0.246 e. The summed E-state index contributed by atoms with van der Waals surface area (Å²) in [5.74, 6) is 1.97. The van der Waals surface area contributed by atoms with Crippen LogP contribution in [0.15, 0.2) is 36.5 Å². The highest BCUT2D eigenvalue weighted by molar-refractivity contribution is 5.98. The average molecular weight is 489 g/mol. The predicted molar refractivity (Wildman–Crippen MR) is 132 cm³/mol. The molecule has 36 heavy (non-hydrogen) atoms. The molecule has 3 heterocycles. The van der Waals surface area contributed by atoms with E-state index in [1.165, 1.54) is 12.3 Å². The van der Waals surface area contributed by atoms with Crippen LogP contribution in [0.1, 0.15) is 11.1 Å². The molecule has 10 heteroatoms. The first-order valence-electron chi connectivity index (χ1n) is 11.3. The molecule has 2 aliphatic heterocycles. The highest BCUT2D eigenvalue weighted by Gasteiger charge is 2.23. The Morgan fingerprint density at radius 2 is 1.89 bits per heavy atom. The van der Waals surface area contributed by atoms with Crippen molar-refractivity contribution >= 4 is 34.3 Å². The number of pyridine rings is 1. The number of nitrogens with zero attached hydrogens (tertiary/aromatic N) is 3. The number of carbonyl (C=O) groups excluding carboxylic acids is 1. The minimum absolute atomic E-state index is 0.0412. The lowest BCUT2D eigenvalue weighted by Crippen LogP contribution is -2.39. The number of ether oxygens (including phenoxy) is 5. The number of aromatic nitrogens is 1. The molecule has 3 aromatic rings. The fourth-order valence-corrected chi connectivity index (χ4v) is 4.17. The van der Waals surface area contributed by atoms with Gasteiger partial charge in [0.1, 0.15) is 6.07 Å². The van der Waals surface area contributed by atoms with Crippen LogP contribution in [0.4, 0.5) is 11.4 Å². The number of rotatable bonds is 6. The number of amides is 1. The Labute approximate surface area is 207 Å². The zero-order valence-electron chi connectivity index (χ0n) is 19.9. The number of hydrogen-bond acceptors (Lipinski definition) is 9. The van der Waals surface area contributed by atoms with Crippen molar-refractivity contribution in [3.63, 3.8) is 0 Å². The van der Waals surface area contributed by atoms with E-state index in [0.29, 0.717) is 82.7 Å². The summed E-state index contributed by atoms with van der Waals surface area (Å²) in [4.78, 5) is 18.7. The van der Waals surface area contributed by atoms with Gasteiger partial charge in [-0.25, -0.2) is 0 Å². The second kappa shape index (κ2) is 10.0. The second-order valence-electron chi connectivity index (χ2n) is 8.05. The van der Waals surface area contributed by atoms with E-state index in [4.69, 9.17) is 23.7 Å². The van der Waals surface area contributed by atoms with Gasteiger partial charge in [-0.05, 0) is 24.3 Å². The van der Waals surface area contributed by atoms with Crippen LogP contribution < -0.4 is 24.3 Å². The van der Waals surface area contributed by atoms with E-state index < -0.39 is 0 Å². The average Bonchev–Trinajstić information content (AvgIpc) is 3.43. The van der Waals surface area contributed by atoms with E-state index in [0.717, 1.165) is 0 Å². The van der Waals surface area contributed by atoms with E-state index in [9.17, 15) is 10.1 Å². The summed E-state index contributed by atoms with van der Waals surface area (Å²) in [7, 11) is 3.10. The maximum Gasteiger partial charge on any atom is 0.246 e. The molecule has 184 valence electrons. The van der Waals surface area contributed by atoms with Gasteiger partial charge in [-0.3, -0.25) is 9.78 Å². The molecule has 2 aromatic carbocycles. The second-order valence-corrected chi connectivity index (χ2v) is 8.05. The van der Waals surface area contributed by atoms with Crippen molar-refractivity contribution in [2.75, 3.05) is 52.6 Å². The minimum atomic E-state index is -0.0838. The van der Waals surface area contributed by atoms with Crippen molar-refractivity contribution in [1.29, 1.82) is 5.26 Å². The molecule has 0 aliphatic carbocycles.